The van der Waals surface area contributed by atoms with Crippen LogP contribution in [-0.2, 0) is 24.4 Å². The van der Waals surface area contributed by atoms with Crippen LogP contribution in [0.15, 0.2) is 53.3 Å². The number of para-hydroxylation sites is 1. The first kappa shape index (κ1) is 21.0. The third kappa shape index (κ3) is 5.28. The highest BCUT2D eigenvalue weighted by Gasteiger charge is 2.21. The second-order valence-electron chi connectivity index (χ2n) is 7.70. The van der Waals surface area contributed by atoms with E-state index < -0.39 is 0 Å². The van der Waals surface area contributed by atoms with Crippen molar-refractivity contribution in [3.05, 3.63) is 75.8 Å². The Labute approximate surface area is 180 Å². The van der Waals surface area contributed by atoms with E-state index in [1.807, 2.05) is 47.4 Å². The van der Waals surface area contributed by atoms with Crippen LogP contribution in [0.5, 0.6) is 0 Å². The number of urea groups is 1. The van der Waals surface area contributed by atoms with E-state index in [-0.39, 0.29) is 11.6 Å². The molecule has 31 heavy (non-hydrogen) atoms. The molecule has 0 unspecified atom stereocenters. The molecule has 1 aliphatic rings. The lowest BCUT2D eigenvalue weighted by Gasteiger charge is -2.34. The average molecular weight is 422 g/mol. The van der Waals surface area contributed by atoms with Gasteiger partial charge in [0.05, 0.1) is 24.1 Å². The summed E-state index contributed by atoms with van der Waals surface area (Å²) in [5.41, 5.74) is 2.72. The number of piperazine rings is 1. The van der Waals surface area contributed by atoms with Gasteiger partial charge in [0.1, 0.15) is 5.82 Å². The Morgan fingerprint density at radius 3 is 2.68 bits per heavy atom. The predicted molar refractivity (Wildman–Crippen MR) is 119 cm³/mol. The van der Waals surface area contributed by atoms with Crippen LogP contribution in [0.2, 0.25) is 0 Å². The Morgan fingerprint density at radius 1 is 1.10 bits per heavy atom. The molecule has 1 saturated heterocycles. The Hall–Kier alpha value is -3.23. The Morgan fingerprint density at radius 2 is 1.87 bits per heavy atom. The molecule has 8 nitrogen and oxygen atoms in total. The fraction of sp³-hybridized carbons (Fsp3) is 0.348. The molecule has 4 rings (SSSR count). The van der Waals surface area contributed by atoms with Crippen molar-refractivity contribution < 1.29 is 9.53 Å². The second kappa shape index (κ2) is 9.72. The molecule has 2 aromatic carbocycles. The number of nitrogens with one attached hydrogen (secondary N) is 2. The van der Waals surface area contributed by atoms with Crippen molar-refractivity contribution in [2.24, 2.45) is 0 Å². The maximum atomic E-state index is 12.5. The highest BCUT2D eigenvalue weighted by molar-refractivity contribution is 5.77. The summed E-state index contributed by atoms with van der Waals surface area (Å²) < 4.78 is 5.16. The Kier molecular flexibility index (Phi) is 6.59. The maximum absolute atomic E-state index is 12.5. The van der Waals surface area contributed by atoms with Crippen LogP contribution in [0.4, 0.5) is 4.79 Å². The lowest BCUT2D eigenvalue weighted by molar-refractivity contribution is 0.133. The topological polar surface area (TPSA) is 90.6 Å². The van der Waals surface area contributed by atoms with Crippen molar-refractivity contribution in [2.45, 2.75) is 19.7 Å². The number of rotatable bonds is 6. The minimum atomic E-state index is -0.117. The molecule has 0 saturated carbocycles. The molecule has 0 bridgehead atoms. The van der Waals surface area contributed by atoms with E-state index in [0.29, 0.717) is 49.5 Å². The van der Waals surface area contributed by atoms with E-state index in [9.17, 15) is 9.59 Å². The smallest absolute Gasteiger partial charge is 0.317 e. The minimum absolute atomic E-state index is 0.0611. The van der Waals surface area contributed by atoms with Gasteiger partial charge in [-0.05, 0) is 23.3 Å². The number of aromatic nitrogens is 2. The molecular formula is C23H27N5O3. The molecular weight excluding hydrogens is 394 g/mol. The molecule has 1 aliphatic heterocycles. The minimum Gasteiger partial charge on any atom is -0.380 e. The number of aromatic amines is 1. The predicted octanol–water partition coefficient (Wildman–Crippen LogP) is 2.10. The van der Waals surface area contributed by atoms with Crippen molar-refractivity contribution in [3.8, 4) is 0 Å². The molecule has 0 atom stereocenters. The van der Waals surface area contributed by atoms with Gasteiger partial charge in [-0.1, -0.05) is 36.4 Å². The zero-order chi connectivity index (χ0) is 21.6. The number of amides is 2. The summed E-state index contributed by atoms with van der Waals surface area (Å²) >= 11 is 0. The molecule has 2 heterocycles. The van der Waals surface area contributed by atoms with Gasteiger partial charge >= 0.3 is 6.03 Å². The molecule has 1 fully saturated rings. The number of nitrogens with zero attached hydrogens (tertiary/aromatic N) is 3. The third-order valence-corrected chi connectivity index (χ3v) is 5.44. The van der Waals surface area contributed by atoms with Crippen molar-refractivity contribution >= 4 is 16.9 Å². The van der Waals surface area contributed by atoms with Crippen molar-refractivity contribution in [3.63, 3.8) is 0 Å². The van der Waals surface area contributed by atoms with Crippen LogP contribution < -0.4 is 10.9 Å². The number of fused-ring (bicyclic) bond motifs is 1. The second-order valence-corrected chi connectivity index (χ2v) is 7.70. The number of ether oxygens (including phenoxy) is 1. The standard InChI is InChI=1S/C23H27N5O3/c1-31-16-18-6-4-5-17(13-18)14-24-23(30)28-11-9-27(10-12-28)15-21-25-20-8-3-2-7-19(20)22(29)26-21/h2-8,13H,9-12,14-16H2,1H3,(H,24,30)(H,25,26,29). The molecule has 1 aromatic heterocycles. The summed E-state index contributed by atoms with van der Waals surface area (Å²) in [6, 6.07) is 15.3. The lowest BCUT2D eigenvalue weighted by atomic mass is 10.1. The fourth-order valence-corrected chi connectivity index (χ4v) is 3.82. The monoisotopic (exact) mass is 421 g/mol. The SMILES string of the molecule is COCc1cccc(CNC(=O)N2CCN(Cc3nc4ccccc4c(=O)[nH]3)CC2)c1. The number of carbonyl (C=O) groups excluding carboxylic acids is 1. The molecule has 0 aliphatic carbocycles. The van der Waals surface area contributed by atoms with Gasteiger partial charge in [0, 0.05) is 39.8 Å². The van der Waals surface area contributed by atoms with Gasteiger partial charge in [-0.15, -0.1) is 0 Å². The molecule has 0 spiro atoms. The van der Waals surface area contributed by atoms with Crippen LogP contribution in [0.25, 0.3) is 10.9 Å². The fourth-order valence-electron chi connectivity index (χ4n) is 3.82. The van der Waals surface area contributed by atoms with Crippen LogP contribution in [-0.4, -0.2) is 59.1 Å². The van der Waals surface area contributed by atoms with Gasteiger partial charge in [-0.3, -0.25) is 9.69 Å². The Balaban J connectivity index is 1.28. The number of benzene rings is 2. The summed E-state index contributed by atoms with van der Waals surface area (Å²) in [5, 5.41) is 3.60. The zero-order valence-corrected chi connectivity index (χ0v) is 17.6. The normalized spacial score (nSPS) is 14.7. The number of carbonyl (C=O) groups is 1. The highest BCUT2D eigenvalue weighted by atomic mass is 16.5. The summed E-state index contributed by atoms with van der Waals surface area (Å²) in [5.74, 6) is 0.651. The first-order valence-electron chi connectivity index (χ1n) is 10.4. The largest absolute Gasteiger partial charge is 0.380 e. The molecule has 162 valence electrons. The van der Waals surface area contributed by atoms with E-state index in [1.54, 1.807) is 13.2 Å². The highest BCUT2D eigenvalue weighted by Crippen LogP contribution is 2.10. The van der Waals surface area contributed by atoms with Crippen LogP contribution >= 0.6 is 0 Å². The van der Waals surface area contributed by atoms with Gasteiger partial charge in [0.2, 0.25) is 0 Å². The van der Waals surface area contributed by atoms with Crippen LogP contribution in [0.1, 0.15) is 17.0 Å². The van der Waals surface area contributed by atoms with Crippen LogP contribution in [0.3, 0.4) is 0 Å². The van der Waals surface area contributed by atoms with E-state index in [2.05, 4.69) is 20.2 Å². The summed E-state index contributed by atoms with van der Waals surface area (Å²) in [6.07, 6.45) is 0. The molecule has 2 N–H and O–H groups in total. The quantitative estimate of drug-likeness (QED) is 0.636. The maximum Gasteiger partial charge on any atom is 0.317 e. The summed E-state index contributed by atoms with van der Waals surface area (Å²) in [6.45, 7) is 4.32. The average Bonchev–Trinajstić information content (AvgIpc) is 2.78. The summed E-state index contributed by atoms with van der Waals surface area (Å²) in [7, 11) is 1.67. The van der Waals surface area contributed by atoms with E-state index in [1.165, 1.54) is 0 Å². The lowest BCUT2D eigenvalue weighted by Crippen LogP contribution is -2.51. The number of hydrogen-bond donors (Lipinski definition) is 2. The van der Waals surface area contributed by atoms with Gasteiger partial charge < -0.3 is 19.9 Å². The van der Waals surface area contributed by atoms with Crippen molar-refractivity contribution in [2.75, 3.05) is 33.3 Å². The van der Waals surface area contributed by atoms with Gasteiger partial charge in [0.25, 0.3) is 5.56 Å². The summed E-state index contributed by atoms with van der Waals surface area (Å²) in [4.78, 5) is 36.3. The van der Waals surface area contributed by atoms with Crippen LogP contribution in [0, 0.1) is 0 Å². The first-order valence-corrected chi connectivity index (χ1v) is 10.4. The van der Waals surface area contributed by atoms with Gasteiger partial charge in [-0.25, -0.2) is 9.78 Å². The van der Waals surface area contributed by atoms with Crippen molar-refractivity contribution in [1.82, 2.24) is 25.1 Å². The Bertz CT molecular complexity index is 1110. The number of methoxy groups -OCH3 is 1. The molecule has 3 aromatic rings. The number of H-pyrrole nitrogens is 1. The number of hydrogen-bond acceptors (Lipinski definition) is 5. The van der Waals surface area contributed by atoms with Gasteiger partial charge in [-0.2, -0.15) is 0 Å². The third-order valence-electron chi connectivity index (χ3n) is 5.44. The first-order chi connectivity index (χ1) is 15.1. The molecule has 0 radical (unpaired) electrons. The van der Waals surface area contributed by atoms with E-state index in [0.717, 1.165) is 24.2 Å². The zero-order valence-electron chi connectivity index (χ0n) is 17.6. The molecule has 8 heteroatoms. The molecule has 2 amide bonds. The van der Waals surface area contributed by atoms with E-state index in [4.69, 9.17) is 4.74 Å². The van der Waals surface area contributed by atoms with Gasteiger partial charge in [0.15, 0.2) is 0 Å². The van der Waals surface area contributed by atoms with Crippen molar-refractivity contribution in [1.29, 1.82) is 0 Å². The van der Waals surface area contributed by atoms with E-state index >= 15 is 0 Å².